The van der Waals surface area contributed by atoms with Gasteiger partial charge in [-0.2, -0.15) is 0 Å². The van der Waals surface area contributed by atoms with Crippen molar-refractivity contribution in [2.75, 3.05) is 6.61 Å². The van der Waals surface area contributed by atoms with Crippen LogP contribution in [-0.4, -0.2) is 21.0 Å². The van der Waals surface area contributed by atoms with Crippen LogP contribution in [-0.2, 0) is 15.8 Å². The van der Waals surface area contributed by atoms with E-state index in [0.29, 0.717) is 13.2 Å². The summed E-state index contributed by atoms with van der Waals surface area (Å²) in [5.74, 6) is 0.271. The van der Waals surface area contributed by atoms with E-state index in [1.165, 1.54) is 5.56 Å². The minimum absolute atomic E-state index is 0.0281. The minimum atomic E-state index is -1.86. The van der Waals surface area contributed by atoms with Crippen molar-refractivity contribution in [3.63, 3.8) is 0 Å². The van der Waals surface area contributed by atoms with E-state index in [-0.39, 0.29) is 17.1 Å². The maximum atomic E-state index is 6.68. The molecule has 0 fully saturated rings. The first-order valence-corrected chi connectivity index (χ1v) is 13.2. The molecule has 1 aromatic carbocycles. The van der Waals surface area contributed by atoms with E-state index in [9.17, 15) is 0 Å². The van der Waals surface area contributed by atoms with Crippen LogP contribution in [0.5, 0.6) is 0 Å². The van der Waals surface area contributed by atoms with Crippen molar-refractivity contribution in [2.45, 2.75) is 71.9 Å². The van der Waals surface area contributed by atoms with E-state index in [0.717, 1.165) is 17.6 Å². The molecule has 28 heavy (non-hydrogen) atoms. The summed E-state index contributed by atoms with van der Waals surface area (Å²) in [5.41, 5.74) is 3.40. The maximum Gasteiger partial charge on any atom is 0.192 e. The minimum Gasteiger partial charge on any atom is -0.410 e. The van der Waals surface area contributed by atoms with Gasteiger partial charge >= 0.3 is 0 Å². The number of allylic oxidation sites excluding steroid dienone is 1. The molecule has 1 aromatic rings. The van der Waals surface area contributed by atoms with Crippen LogP contribution in [0.2, 0.25) is 18.1 Å². The Labute approximate surface area is 174 Å². The molecular weight excluding hydrogens is 360 g/mol. The third-order valence-electron chi connectivity index (χ3n) is 5.71. The van der Waals surface area contributed by atoms with Gasteiger partial charge < -0.3 is 9.16 Å². The van der Waals surface area contributed by atoms with Gasteiger partial charge in [-0.15, -0.1) is 0 Å². The van der Waals surface area contributed by atoms with Gasteiger partial charge in [-0.3, -0.25) is 0 Å². The number of rotatable bonds is 11. The zero-order valence-electron chi connectivity index (χ0n) is 19.0. The van der Waals surface area contributed by atoms with Crippen LogP contribution in [0.15, 0.2) is 66.8 Å². The smallest absolute Gasteiger partial charge is 0.192 e. The highest BCUT2D eigenvalue weighted by atomic mass is 28.4. The van der Waals surface area contributed by atoms with Crippen molar-refractivity contribution in [2.24, 2.45) is 5.92 Å². The second kappa shape index (κ2) is 10.9. The Morgan fingerprint density at radius 2 is 1.75 bits per heavy atom. The molecular formula is C25H40O2Si. The quantitative estimate of drug-likeness (QED) is 0.168. The zero-order chi connectivity index (χ0) is 21.4. The molecule has 0 amide bonds. The summed E-state index contributed by atoms with van der Waals surface area (Å²) < 4.78 is 12.5. The van der Waals surface area contributed by atoms with Gasteiger partial charge in [-0.1, -0.05) is 94.5 Å². The first kappa shape index (κ1) is 24.6. The van der Waals surface area contributed by atoms with Crippen molar-refractivity contribution in [1.82, 2.24) is 0 Å². The van der Waals surface area contributed by atoms with Gasteiger partial charge in [0.25, 0.3) is 0 Å². The standard InChI is InChI=1S/C25H40O2Si/c1-20(2)22(4)24(27-28(8,9)25(5,6)7)16-15-21(3)17-18-26-19-23-13-11-10-12-14-23/h10-16,22,24H,1,3,17-19H2,2,4-9H3/b16-15+/t22-,24+/m1/s1. The van der Waals surface area contributed by atoms with E-state index in [1.54, 1.807) is 0 Å². The van der Waals surface area contributed by atoms with Crippen LogP contribution < -0.4 is 0 Å². The summed E-state index contributed by atoms with van der Waals surface area (Å²) in [4.78, 5) is 0. The Morgan fingerprint density at radius 1 is 1.14 bits per heavy atom. The van der Waals surface area contributed by atoms with E-state index < -0.39 is 8.32 Å². The summed E-state index contributed by atoms with van der Waals surface area (Å²) in [6.45, 7) is 25.3. The molecule has 2 nitrogen and oxygen atoms in total. The molecule has 0 spiro atoms. The summed E-state index contributed by atoms with van der Waals surface area (Å²) in [5, 5.41) is 0.177. The Hall–Kier alpha value is -1.42. The Balaban J connectivity index is 2.62. The average Bonchev–Trinajstić information content (AvgIpc) is 2.61. The SMILES string of the molecule is C=C(/C=C/[C@H](O[Si](C)(C)C(C)(C)C)[C@H](C)C(=C)C)CCOCc1ccccc1. The van der Waals surface area contributed by atoms with Crippen molar-refractivity contribution in [1.29, 1.82) is 0 Å². The van der Waals surface area contributed by atoms with Gasteiger partial charge in [0, 0.05) is 5.92 Å². The largest absolute Gasteiger partial charge is 0.410 e. The highest BCUT2D eigenvalue weighted by molar-refractivity contribution is 6.74. The lowest BCUT2D eigenvalue weighted by Gasteiger charge is -2.40. The Morgan fingerprint density at radius 3 is 2.29 bits per heavy atom. The Bertz CT molecular complexity index is 653. The van der Waals surface area contributed by atoms with Gasteiger partial charge in [-0.25, -0.2) is 0 Å². The van der Waals surface area contributed by atoms with Crippen LogP contribution in [0.1, 0.15) is 46.6 Å². The molecule has 2 atom stereocenters. The summed E-state index contributed by atoms with van der Waals surface area (Å²) in [6, 6.07) is 10.2. The molecule has 0 heterocycles. The zero-order valence-corrected chi connectivity index (χ0v) is 20.0. The first-order valence-electron chi connectivity index (χ1n) is 10.2. The fraction of sp³-hybridized carbons (Fsp3) is 0.520. The monoisotopic (exact) mass is 400 g/mol. The molecule has 0 saturated carbocycles. The number of benzene rings is 1. The summed E-state index contributed by atoms with van der Waals surface area (Å²) in [7, 11) is -1.86. The maximum absolute atomic E-state index is 6.68. The van der Waals surface area contributed by atoms with E-state index >= 15 is 0 Å². The van der Waals surface area contributed by atoms with Gasteiger partial charge in [0.05, 0.1) is 19.3 Å². The van der Waals surface area contributed by atoms with Gasteiger partial charge in [0.15, 0.2) is 8.32 Å². The molecule has 0 bridgehead atoms. The fourth-order valence-corrected chi connectivity index (χ4v) is 3.70. The molecule has 0 unspecified atom stereocenters. The summed E-state index contributed by atoms with van der Waals surface area (Å²) in [6.07, 6.45) is 5.11. The Kier molecular flexibility index (Phi) is 9.62. The lowest BCUT2D eigenvalue weighted by molar-refractivity contribution is 0.124. The first-order chi connectivity index (χ1) is 12.9. The predicted octanol–water partition coefficient (Wildman–Crippen LogP) is 7.31. The van der Waals surface area contributed by atoms with Gasteiger partial charge in [-0.05, 0) is 37.0 Å². The molecule has 1 rings (SSSR count). The van der Waals surface area contributed by atoms with Crippen LogP contribution in [0.4, 0.5) is 0 Å². The van der Waals surface area contributed by atoms with Crippen LogP contribution in [0, 0.1) is 5.92 Å². The van der Waals surface area contributed by atoms with Crippen molar-refractivity contribution >= 4 is 8.32 Å². The molecule has 3 heteroatoms. The highest BCUT2D eigenvalue weighted by Crippen LogP contribution is 2.38. The normalized spacial score (nSPS) is 14.8. The third-order valence-corrected chi connectivity index (χ3v) is 10.2. The van der Waals surface area contributed by atoms with Crippen LogP contribution in [0.3, 0.4) is 0 Å². The summed E-state index contributed by atoms with van der Waals surface area (Å²) >= 11 is 0. The van der Waals surface area contributed by atoms with Gasteiger partial charge in [0.2, 0.25) is 0 Å². The van der Waals surface area contributed by atoms with E-state index in [1.807, 2.05) is 18.2 Å². The topological polar surface area (TPSA) is 18.5 Å². The average molecular weight is 401 g/mol. The van der Waals surface area contributed by atoms with E-state index in [4.69, 9.17) is 9.16 Å². The predicted molar refractivity (Wildman–Crippen MR) is 125 cm³/mol. The highest BCUT2D eigenvalue weighted by Gasteiger charge is 2.39. The molecule has 0 aromatic heterocycles. The van der Waals surface area contributed by atoms with Crippen molar-refractivity contribution < 1.29 is 9.16 Å². The lowest BCUT2D eigenvalue weighted by Crippen LogP contribution is -2.45. The molecule has 0 aliphatic heterocycles. The number of hydrogen-bond donors (Lipinski definition) is 0. The third kappa shape index (κ3) is 8.30. The molecule has 0 aliphatic rings. The number of hydrogen-bond acceptors (Lipinski definition) is 2. The number of ether oxygens (including phenoxy) is 1. The van der Waals surface area contributed by atoms with Crippen molar-refractivity contribution in [3.05, 3.63) is 72.4 Å². The molecule has 156 valence electrons. The van der Waals surface area contributed by atoms with Crippen LogP contribution >= 0.6 is 0 Å². The van der Waals surface area contributed by atoms with Crippen LogP contribution in [0.25, 0.3) is 0 Å². The molecule has 0 N–H and O–H groups in total. The second-order valence-electron chi connectivity index (χ2n) is 9.28. The lowest BCUT2D eigenvalue weighted by atomic mass is 9.97. The molecule has 0 saturated heterocycles. The fourth-order valence-electron chi connectivity index (χ4n) is 2.39. The van der Waals surface area contributed by atoms with E-state index in [2.05, 4.69) is 85.2 Å². The second-order valence-corrected chi connectivity index (χ2v) is 14.0. The van der Waals surface area contributed by atoms with Crippen molar-refractivity contribution in [3.8, 4) is 0 Å². The molecule has 0 aliphatic carbocycles. The van der Waals surface area contributed by atoms with Gasteiger partial charge in [0.1, 0.15) is 0 Å². The molecule has 0 radical (unpaired) electrons.